The first-order chi connectivity index (χ1) is 13.5. The molecule has 3 rings (SSSR count). The van der Waals surface area contributed by atoms with Crippen LogP contribution in [0.1, 0.15) is 16.8 Å². The first-order valence-electron chi connectivity index (χ1n) is 8.73. The van der Waals surface area contributed by atoms with E-state index in [0.717, 1.165) is 10.6 Å². The van der Waals surface area contributed by atoms with Gasteiger partial charge in [0.1, 0.15) is 23.1 Å². The molecule has 0 spiro atoms. The summed E-state index contributed by atoms with van der Waals surface area (Å²) in [4.78, 5) is 12.2. The van der Waals surface area contributed by atoms with Gasteiger partial charge in [0.2, 0.25) is 5.91 Å². The third-order valence-corrected chi connectivity index (χ3v) is 5.41. The second kappa shape index (κ2) is 9.61. The Hall–Kier alpha value is -2.51. The summed E-state index contributed by atoms with van der Waals surface area (Å²) >= 11 is 7.27. The molecule has 8 heteroatoms. The lowest BCUT2D eigenvalue weighted by molar-refractivity contribution is -0.118. The number of hydrogen-bond donors (Lipinski definition) is 1. The highest BCUT2D eigenvalue weighted by atomic mass is 35.5. The van der Waals surface area contributed by atoms with Crippen molar-refractivity contribution in [3.8, 4) is 5.75 Å². The van der Waals surface area contributed by atoms with Gasteiger partial charge in [0.15, 0.2) is 0 Å². The standard InChI is InChI=1S/C20H21ClN4O2S/c1-14-3-5-15(6-4-14)11-22-19(26)13-28-20-18(23-24-25(20)2)12-27-17-9-7-16(21)8-10-17/h3-10H,11-13H2,1-2H3,(H,22,26). The number of carbonyl (C=O) groups is 1. The van der Waals surface area contributed by atoms with Crippen molar-refractivity contribution >= 4 is 29.3 Å². The molecular weight excluding hydrogens is 396 g/mol. The van der Waals surface area contributed by atoms with Crippen LogP contribution in [0.15, 0.2) is 53.6 Å². The number of nitrogens with one attached hydrogen (secondary N) is 1. The Morgan fingerprint density at radius 1 is 1.18 bits per heavy atom. The smallest absolute Gasteiger partial charge is 0.230 e. The number of nitrogens with zero attached hydrogens (tertiary/aromatic N) is 3. The number of carbonyl (C=O) groups excluding carboxylic acids is 1. The largest absolute Gasteiger partial charge is 0.487 e. The minimum absolute atomic E-state index is 0.0451. The van der Waals surface area contributed by atoms with Crippen molar-refractivity contribution in [1.82, 2.24) is 20.3 Å². The maximum Gasteiger partial charge on any atom is 0.230 e. The molecule has 6 nitrogen and oxygen atoms in total. The van der Waals surface area contributed by atoms with E-state index < -0.39 is 0 Å². The van der Waals surface area contributed by atoms with Crippen molar-refractivity contribution in [3.63, 3.8) is 0 Å². The van der Waals surface area contributed by atoms with E-state index in [1.165, 1.54) is 17.3 Å². The summed E-state index contributed by atoms with van der Waals surface area (Å²) in [6, 6.07) is 15.2. The summed E-state index contributed by atoms with van der Waals surface area (Å²) in [7, 11) is 1.80. The van der Waals surface area contributed by atoms with Crippen molar-refractivity contribution in [2.24, 2.45) is 7.05 Å². The summed E-state index contributed by atoms with van der Waals surface area (Å²) in [6.45, 7) is 2.81. The summed E-state index contributed by atoms with van der Waals surface area (Å²) in [5.41, 5.74) is 2.96. The molecule has 1 heterocycles. The van der Waals surface area contributed by atoms with E-state index in [9.17, 15) is 4.79 Å². The number of hydrogen-bond acceptors (Lipinski definition) is 5. The Kier molecular flexibility index (Phi) is 6.95. The van der Waals surface area contributed by atoms with Crippen LogP contribution < -0.4 is 10.1 Å². The SMILES string of the molecule is Cc1ccc(CNC(=O)CSc2c(COc3ccc(Cl)cc3)nnn2C)cc1. The highest BCUT2D eigenvalue weighted by Gasteiger charge is 2.14. The molecule has 1 amide bonds. The molecule has 0 unspecified atom stereocenters. The third kappa shape index (κ3) is 5.74. The van der Waals surface area contributed by atoms with Crippen LogP contribution in [0.5, 0.6) is 5.75 Å². The summed E-state index contributed by atoms with van der Waals surface area (Å²) in [5, 5.41) is 12.6. The zero-order valence-electron chi connectivity index (χ0n) is 15.7. The van der Waals surface area contributed by atoms with Gasteiger partial charge in [0.05, 0.1) is 5.75 Å². The van der Waals surface area contributed by atoms with E-state index in [1.807, 2.05) is 31.2 Å². The summed E-state index contributed by atoms with van der Waals surface area (Å²) in [6.07, 6.45) is 0. The second-order valence-electron chi connectivity index (χ2n) is 6.26. The van der Waals surface area contributed by atoms with Crippen LogP contribution in [0.3, 0.4) is 0 Å². The van der Waals surface area contributed by atoms with E-state index in [2.05, 4.69) is 15.6 Å². The quantitative estimate of drug-likeness (QED) is 0.566. The lowest BCUT2D eigenvalue weighted by Crippen LogP contribution is -2.24. The number of halogens is 1. The molecule has 0 bridgehead atoms. The molecule has 146 valence electrons. The fourth-order valence-corrected chi connectivity index (χ4v) is 3.42. The Bertz CT molecular complexity index is 926. The number of rotatable bonds is 8. The number of amides is 1. The van der Waals surface area contributed by atoms with E-state index in [1.54, 1.807) is 36.0 Å². The molecule has 0 fully saturated rings. The van der Waals surface area contributed by atoms with E-state index in [-0.39, 0.29) is 18.3 Å². The van der Waals surface area contributed by atoms with Crippen LogP contribution in [-0.2, 0) is 25.0 Å². The molecule has 2 aromatic carbocycles. The van der Waals surface area contributed by atoms with Crippen molar-refractivity contribution in [2.45, 2.75) is 25.1 Å². The van der Waals surface area contributed by atoms with E-state index in [0.29, 0.717) is 23.0 Å². The average Bonchev–Trinajstić information content (AvgIpc) is 3.05. The second-order valence-corrected chi connectivity index (χ2v) is 7.66. The van der Waals surface area contributed by atoms with Gasteiger partial charge < -0.3 is 10.1 Å². The number of benzene rings is 2. The van der Waals surface area contributed by atoms with Crippen LogP contribution in [-0.4, -0.2) is 26.7 Å². The first-order valence-corrected chi connectivity index (χ1v) is 10.1. The lowest BCUT2D eigenvalue weighted by Gasteiger charge is -2.08. The van der Waals surface area contributed by atoms with Crippen LogP contribution in [0.2, 0.25) is 5.02 Å². The molecule has 3 aromatic rings. The van der Waals surface area contributed by atoms with Crippen LogP contribution in [0.25, 0.3) is 0 Å². The fourth-order valence-electron chi connectivity index (χ4n) is 2.43. The molecule has 0 saturated carbocycles. The minimum atomic E-state index is -0.0451. The average molecular weight is 417 g/mol. The van der Waals surface area contributed by atoms with Gasteiger partial charge in [-0.1, -0.05) is 58.4 Å². The number of thioether (sulfide) groups is 1. The third-order valence-electron chi connectivity index (χ3n) is 3.98. The molecular formula is C20H21ClN4O2S. The Morgan fingerprint density at radius 3 is 2.61 bits per heavy atom. The molecule has 0 radical (unpaired) electrons. The molecule has 0 saturated heterocycles. The van der Waals surface area contributed by atoms with Crippen molar-refractivity contribution in [1.29, 1.82) is 0 Å². The highest BCUT2D eigenvalue weighted by molar-refractivity contribution is 8.00. The van der Waals surface area contributed by atoms with Gasteiger partial charge in [-0.15, -0.1) is 5.10 Å². The molecule has 1 N–H and O–H groups in total. The zero-order chi connectivity index (χ0) is 19.9. The lowest BCUT2D eigenvalue weighted by atomic mass is 10.1. The van der Waals surface area contributed by atoms with E-state index in [4.69, 9.17) is 16.3 Å². The van der Waals surface area contributed by atoms with Crippen LogP contribution >= 0.6 is 23.4 Å². The fraction of sp³-hybridized carbons (Fsp3) is 0.250. The van der Waals surface area contributed by atoms with Gasteiger partial charge in [-0.2, -0.15) is 0 Å². The normalized spacial score (nSPS) is 10.7. The molecule has 0 aliphatic heterocycles. The van der Waals surface area contributed by atoms with Crippen molar-refractivity contribution < 1.29 is 9.53 Å². The predicted octanol–water partition coefficient (Wildman–Crippen LogP) is 3.76. The summed E-state index contributed by atoms with van der Waals surface area (Å²) in [5.74, 6) is 0.930. The molecule has 1 aromatic heterocycles. The summed E-state index contributed by atoms with van der Waals surface area (Å²) < 4.78 is 7.39. The Morgan fingerprint density at radius 2 is 1.89 bits per heavy atom. The van der Waals surface area contributed by atoms with Crippen LogP contribution in [0, 0.1) is 6.92 Å². The zero-order valence-corrected chi connectivity index (χ0v) is 17.3. The predicted molar refractivity (Wildman–Crippen MR) is 111 cm³/mol. The molecule has 28 heavy (non-hydrogen) atoms. The van der Waals surface area contributed by atoms with Gasteiger partial charge in [0, 0.05) is 18.6 Å². The Balaban J connectivity index is 1.51. The van der Waals surface area contributed by atoms with Crippen LogP contribution in [0.4, 0.5) is 0 Å². The number of ether oxygens (including phenoxy) is 1. The maximum absolute atomic E-state index is 12.2. The number of aromatic nitrogens is 3. The Labute approximate surface area is 173 Å². The van der Waals surface area contributed by atoms with Gasteiger partial charge in [-0.3, -0.25) is 4.79 Å². The first kappa shape index (κ1) is 20.2. The van der Waals surface area contributed by atoms with Crippen molar-refractivity contribution in [3.05, 3.63) is 70.4 Å². The van der Waals surface area contributed by atoms with Gasteiger partial charge in [0.25, 0.3) is 0 Å². The molecule has 0 aliphatic carbocycles. The minimum Gasteiger partial charge on any atom is -0.487 e. The van der Waals surface area contributed by atoms with E-state index >= 15 is 0 Å². The van der Waals surface area contributed by atoms with Crippen molar-refractivity contribution in [2.75, 3.05) is 5.75 Å². The number of aryl methyl sites for hydroxylation is 2. The van der Waals surface area contributed by atoms with Gasteiger partial charge in [-0.05, 0) is 36.8 Å². The topological polar surface area (TPSA) is 69.0 Å². The monoisotopic (exact) mass is 416 g/mol. The highest BCUT2D eigenvalue weighted by Crippen LogP contribution is 2.22. The van der Waals surface area contributed by atoms with Gasteiger partial charge >= 0.3 is 0 Å². The maximum atomic E-state index is 12.2. The molecule has 0 atom stereocenters. The molecule has 0 aliphatic rings. The van der Waals surface area contributed by atoms with Gasteiger partial charge in [-0.25, -0.2) is 4.68 Å².